The second-order valence-electron chi connectivity index (χ2n) is 10.1. The van der Waals surface area contributed by atoms with Crippen LogP contribution in [0.1, 0.15) is 60.0 Å². The third kappa shape index (κ3) is 7.32. The van der Waals surface area contributed by atoms with Crippen molar-refractivity contribution in [2.45, 2.75) is 62.0 Å². The molecule has 3 aromatic rings. The number of aromatic carboxylic acids is 1. The van der Waals surface area contributed by atoms with Crippen LogP contribution in [0, 0.1) is 0 Å². The Balaban J connectivity index is 1.29. The zero-order valence-corrected chi connectivity index (χ0v) is 23.2. The molecule has 1 aliphatic rings. The summed E-state index contributed by atoms with van der Waals surface area (Å²) in [6.07, 6.45) is 3.46. The second-order valence-corrected chi connectivity index (χ2v) is 11.7. The van der Waals surface area contributed by atoms with Gasteiger partial charge in [0.15, 0.2) is 0 Å². The molecule has 5 N–H and O–H groups in total. The molecule has 0 radical (unpaired) electrons. The van der Waals surface area contributed by atoms with Crippen LogP contribution in [0.3, 0.4) is 0 Å². The lowest BCUT2D eigenvalue weighted by Crippen LogP contribution is -2.39. The number of hydrogen-bond donors (Lipinski definition) is 5. The number of ether oxygens (including phenoxy) is 1. The van der Waals surface area contributed by atoms with Crippen LogP contribution in [-0.2, 0) is 16.4 Å². The highest BCUT2D eigenvalue weighted by atomic mass is 32.2. The number of aliphatic hydroxyl groups is 1. The molecule has 10 heteroatoms. The number of aromatic hydroxyl groups is 1. The molecule has 214 valence electrons. The summed E-state index contributed by atoms with van der Waals surface area (Å²) in [5, 5.41) is 33.5. The first kappa shape index (κ1) is 29.4. The quantitative estimate of drug-likeness (QED) is 0.201. The molecule has 9 nitrogen and oxygen atoms in total. The van der Waals surface area contributed by atoms with Crippen LogP contribution in [0.4, 0.5) is 5.69 Å². The van der Waals surface area contributed by atoms with E-state index >= 15 is 0 Å². The predicted molar refractivity (Wildman–Crippen MR) is 153 cm³/mol. The Morgan fingerprint density at radius 3 is 2.30 bits per heavy atom. The highest BCUT2D eigenvalue weighted by Crippen LogP contribution is 2.37. The van der Waals surface area contributed by atoms with Crippen molar-refractivity contribution >= 4 is 21.7 Å². The number of phenolic OH excluding ortho intramolecular Hbond substituents is 1. The Morgan fingerprint density at radius 2 is 1.68 bits per heavy atom. The number of aliphatic hydroxyl groups excluding tert-OH is 1. The van der Waals surface area contributed by atoms with Gasteiger partial charge < -0.3 is 25.4 Å². The molecule has 3 aromatic carbocycles. The van der Waals surface area contributed by atoms with Gasteiger partial charge in [-0.1, -0.05) is 37.3 Å². The van der Waals surface area contributed by atoms with E-state index in [4.69, 9.17) is 9.84 Å². The number of carboxylic acid groups (broad SMARTS) is 1. The minimum absolute atomic E-state index is 0.000914. The largest absolute Gasteiger partial charge is 0.506 e. The Morgan fingerprint density at radius 1 is 1.00 bits per heavy atom. The average molecular weight is 569 g/mol. The molecule has 0 amide bonds. The van der Waals surface area contributed by atoms with E-state index in [1.54, 1.807) is 36.4 Å². The molecule has 0 saturated heterocycles. The number of hydrogen-bond acceptors (Lipinski definition) is 7. The maximum Gasteiger partial charge on any atom is 0.335 e. The van der Waals surface area contributed by atoms with E-state index in [2.05, 4.69) is 10.0 Å². The van der Waals surface area contributed by atoms with Crippen molar-refractivity contribution in [3.63, 3.8) is 0 Å². The third-order valence-corrected chi connectivity index (χ3v) is 8.69. The maximum absolute atomic E-state index is 12.8. The summed E-state index contributed by atoms with van der Waals surface area (Å²) in [5.74, 6) is -0.352. The van der Waals surface area contributed by atoms with Crippen LogP contribution < -0.4 is 14.8 Å². The second kappa shape index (κ2) is 13.2. The van der Waals surface area contributed by atoms with Crippen molar-refractivity contribution in [3.05, 3.63) is 83.4 Å². The number of carboxylic acids is 1. The van der Waals surface area contributed by atoms with Gasteiger partial charge in [-0.25, -0.2) is 13.2 Å². The van der Waals surface area contributed by atoms with E-state index in [-0.39, 0.29) is 29.0 Å². The number of sulfonamides is 1. The topological polar surface area (TPSA) is 145 Å². The zero-order valence-electron chi connectivity index (χ0n) is 22.4. The minimum Gasteiger partial charge on any atom is -0.506 e. The number of carbonyl (C=O) groups is 1. The van der Waals surface area contributed by atoms with E-state index in [0.717, 1.165) is 31.2 Å². The first-order chi connectivity index (χ1) is 19.2. The lowest BCUT2D eigenvalue weighted by molar-refractivity contribution is 0.0696. The summed E-state index contributed by atoms with van der Waals surface area (Å²) in [5.41, 5.74) is 2.00. The summed E-state index contributed by atoms with van der Waals surface area (Å²) < 4.78 is 34.0. The molecule has 0 spiro atoms. The van der Waals surface area contributed by atoms with Crippen molar-refractivity contribution in [1.82, 2.24) is 5.32 Å². The van der Waals surface area contributed by atoms with Gasteiger partial charge in [-0.2, -0.15) is 0 Å². The minimum atomic E-state index is -3.91. The van der Waals surface area contributed by atoms with E-state index in [1.165, 1.54) is 18.2 Å². The Labute approximate surface area is 234 Å². The molecule has 1 aliphatic carbocycles. The zero-order chi connectivity index (χ0) is 28.7. The molecule has 1 saturated carbocycles. The van der Waals surface area contributed by atoms with Gasteiger partial charge in [0.05, 0.1) is 16.1 Å². The van der Waals surface area contributed by atoms with Gasteiger partial charge in [0.25, 0.3) is 10.0 Å². The summed E-state index contributed by atoms with van der Waals surface area (Å²) in [7, 11) is -3.91. The molecule has 0 bridgehead atoms. The summed E-state index contributed by atoms with van der Waals surface area (Å²) in [6.45, 7) is 2.17. The van der Waals surface area contributed by atoms with Crippen LogP contribution in [0.25, 0.3) is 0 Å². The average Bonchev–Trinajstić information content (AvgIpc) is 2.97. The number of rotatable bonds is 12. The van der Waals surface area contributed by atoms with Gasteiger partial charge in [0, 0.05) is 18.2 Å². The van der Waals surface area contributed by atoms with Crippen LogP contribution >= 0.6 is 0 Å². The van der Waals surface area contributed by atoms with Crippen molar-refractivity contribution in [2.75, 3.05) is 17.9 Å². The van der Waals surface area contributed by atoms with E-state index in [1.807, 2.05) is 19.1 Å². The standard InChI is InChI=1S/C30H36N2O7S/c1-2-26-28(17-16-27(34)29(26)32-40(37,38)25-6-4-3-5-7-25)39-19-24(33)18-31-23-14-12-21(13-15-23)20-8-10-22(11-9-20)30(35)36/h3-11,16-17,21,23-24,31-34H,2,12-15,18-19H2,1H3,(H,35,36)/t21?,23?,24-/m0/s1. The molecule has 1 atom stereocenters. The Bertz CT molecular complexity index is 1390. The fourth-order valence-electron chi connectivity index (χ4n) is 5.09. The van der Waals surface area contributed by atoms with Crippen molar-refractivity contribution < 1.29 is 33.3 Å². The molecule has 0 unspecified atom stereocenters. The van der Waals surface area contributed by atoms with Crippen LogP contribution in [-0.4, -0.2) is 55.0 Å². The van der Waals surface area contributed by atoms with E-state index in [0.29, 0.717) is 35.8 Å². The smallest absolute Gasteiger partial charge is 0.335 e. The van der Waals surface area contributed by atoms with E-state index in [9.17, 15) is 23.4 Å². The first-order valence-corrected chi connectivity index (χ1v) is 15.0. The van der Waals surface area contributed by atoms with E-state index < -0.39 is 22.1 Å². The molecule has 0 heterocycles. The lowest BCUT2D eigenvalue weighted by Gasteiger charge is -2.30. The van der Waals surface area contributed by atoms with Crippen molar-refractivity contribution in [3.8, 4) is 11.5 Å². The summed E-state index contributed by atoms with van der Waals surface area (Å²) in [6, 6.07) is 18.2. The fourth-order valence-corrected chi connectivity index (χ4v) is 6.22. The molecule has 0 aliphatic heterocycles. The van der Waals surface area contributed by atoms with Gasteiger partial charge in [-0.3, -0.25) is 4.72 Å². The number of anilines is 1. The molecule has 40 heavy (non-hydrogen) atoms. The SMILES string of the molecule is CCc1c(OC[C@@H](O)CNC2CCC(c3ccc(C(=O)O)cc3)CC2)ccc(O)c1NS(=O)(=O)c1ccccc1. The highest BCUT2D eigenvalue weighted by Gasteiger charge is 2.24. The van der Waals surface area contributed by atoms with Crippen molar-refractivity contribution in [1.29, 1.82) is 0 Å². The van der Waals surface area contributed by atoms with Crippen LogP contribution in [0.5, 0.6) is 11.5 Å². The van der Waals surface area contributed by atoms with Crippen LogP contribution in [0.2, 0.25) is 0 Å². The molecular formula is C30H36N2O7S. The van der Waals surface area contributed by atoms with Crippen LogP contribution in [0.15, 0.2) is 71.6 Å². The molecular weight excluding hydrogens is 532 g/mol. The Kier molecular flexibility index (Phi) is 9.67. The fraction of sp³-hybridized carbons (Fsp3) is 0.367. The molecule has 0 aromatic heterocycles. The number of nitrogens with one attached hydrogen (secondary N) is 2. The van der Waals surface area contributed by atoms with Gasteiger partial charge in [0.2, 0.25) is 0 Å². The number of benzene rings is 3. The first-order valence-electron chi connectivity index (χ1n) is 13.5. The summed E-state index contributed by atoms with van der Waals surface area (Å²) in [4.78, 5) is 11.2. The summed E-state index contributed by atoms with van der Waals surface area (Å²) >= 11 is 0. The monoisotopic (exact) mass is 568 g/mol. The third-order valence-electron chi connectivity index (χ3n) is 7.32. The van der Waals surface area contributed by atoms with Gasteiger partial charge in [0.1, 0.15) is 24.2 Å². The van der Waals surface area contributed by atoms with Gasteiger partial charge in [-0.15, -0.1) is 0 Å². The maximum atomic E-state index is 12.8. The Hall–Kier alpha value is -3.60. The lowest BCUT2D eigenvalue weighted by atomic mass is 9.81. The molecule has 1 fully saturated rings. The van der Waals surface area contributed by atoms with Gasteiger partial charge >= 0.3 is 5.97 Å². The van der Waals surface area contributed by atoms with Gasteiger partial charge in [-0.05, 0) is 80.0 Å². The highest BCUT2D eigenvalue weighted by molar-refractivity contribution is 7.92. The van der Waals surface area contributed by atoms with Crippen molar-refractivity contribution in [2.24, 2.45) is 0 Å². The molecule has 4 rings (SSSR count). The predicted octanol–water partition coefficient (Wildman–Crippen LogP) is 4.51. The normalized spacial score (nSPS) is 18.1. The number of phenols is 1.